The molecule has 3 amide bonds. The molecule has 0 spiro atoms. The van der Waals surface area contributed by atoms with E-state index < -0.39 is 17.6 Å². The Morgan fingerprint density at radius 2 is 1.77 bits per heavy atom. The van der Waals surface area contributed by atoms with Crippen molar-refractivity contribution in [3.05, 3.63) is 59.4 Å². The van der Waals surface area contributed by atoms with Gasteiger partial charge in [0.15, 0.2) is 0 Å². The molecular formula is C19H18FN3O3. The lowest BCUT2D eigenvalue weighted by molar-refractivity contribution is -0.117. The zero-order valence-electron chi connectivity index (χ0n) is 14.1. The summed E-state index contributed by atoms with van der Waals surface area (Å²) in [4.78, 5) is 35.6. The number of carbonyl (C=O) groups is 3. The fourth-order valence-electron chi connectivity index (χ4n) is 2.66. The summed E-state index contributed by atoms with van der Waals surface area (Å²) in [5.41, 5.74) is 5.88. The molecule has 1 aliphatic rings. The Morgan fingerprint density at radius 1 is 1.08 bits per heavy atom. The van der Waals surface area contributed by atoms with E-state index in [0.29, 0.717) is 17.2 Å². The number of primary amides is 1. The van der Waals surface area contributed by atoms with Gasteiger partial charge in [-0.1, -0.05) is 13.0 Å². The van der Waals surface area contributed by atoms with Crippen LogP contribution in [0, 0.1) is 17.7 Å². The van der Waals surface area contributed by atoms with Crippen molar-refractivity contribution >= 4 is 29.1 Å². The molecule has 0 saturated heterocycles. The first-order valence-electron chi connectivity index (χ1n) is 8.17. The van der Waals surface area contributed by atoms with E-state index in [2.05, 4.69) is 10.6 Å². The molecule has 0 aromatic heterocycles. The molecule has 1 saturated carbocycles. The van der Waals surface area contributed by atoms with E-state index in [1.54, 1.807) is 24.3 Å². The van der Waals surface area contributed by atoms with E-state index in [9.17, 15) is 18.8 Å². The van der Waals surface area contributed by atoms with Gasteiger partial charge in [-0.3, -0.25) is 14.4 Å². The SMILES string of the molecule is C[C@@H]1C[C@H]1C(=O)Nc1cccc(C(=O)Nc2ccc(F)c(C(N)=O)c2)c1. The van der Waals surface area contributed by atoms with E-state index in [4.69, 9.17) is 5.73 Å². The summed E-state index contributed by atoms with van der Waals surface area (Å²) in [5, 5.41) is 5.37. The molecule has 4 N–H and O–H groups in total. The van der Waals surface area contributed by atoms with Crippen LogP contribution in [0.4, 0.5) is 15.8 Å². The minimum Gasteiger partial charge on any atom is -0.366 e. The molecule has 0 aliphatic heterocycles. The van der Waals surface area contributed by atoms with Crippen molar-refractivity contribution in [2.45, 2.75) is 13.3 Å². The second kappa shape index (κ2) is 6.95. The third kappa shape index (κ3) is 3.88. The number of halogens is 1. The van der Waals surface area contributed by atoms with Gasteiger partial charge in [-0.15, -0.1) is 0 Å². The number of rotatable bonds is 5. The maximum absolute atomic E-state index is 13.5. The standard InChI is InChI=1S/C19H18FN3O3/c1-10-7-14(10)19(26)23-12-4-2-3-11(8-12)18(25)22-13-5-6-16(20)15(9-13)17(21)24/h2-6,8-10,14H,7H2,1H3,(H2,21,24)(H,22,25)(H,23,26)/t10-,14-/m1/s1. The number of anilines is 2. The molecule has 26 heavy (non-hydrogen) atoms. The number of carbonyl (C=O) groups excluding carboxylic acids is 3. The lowest BCUT2D eigenvalue weighted by Crippen LogP contribution is -2.17. The van der Waals surface area contributed by atoms with Crippen molar-refractivity contribution in [2.75, 3.05) is 10.6 Å². The largest absolute Gasteiger partial charge is 0.366 e. The van der Waals surface area contributed by atoms with Gasteiger partial charge in [0.2, 0.25) is 5.91 Å². The smallest absolute Gasteiger partial charge is 0.255 e. The van der Waals surface area contributed by atoms with Crippen LogP contribution in [-0.4, -0.2) is 17.7 Å². The first kappa shape index (κ1) is 17.6. The fourth-order valence-corrected chi connectivity index (χ4v) is 2.66. The van der Waals surface area contributed by atoms with Gasteiger partial charge in [0.25, 0.3) is 11.8 Å². The van der Waals surface area contributed by atoms with Gasteiger partial charge in [-0.25, -0.2) is 4.39 Å². The molecule has 2 aromatic rings. The van der Waals surface area contributed by atoms with Crippen molar-refractivity contribution in [2.24, 2.45) is 17.6 Å². The Hall–Kier alpha value is -3.22. The average molecular weight is 355 g/mol. The molecule has 0 unspecified atom stereocenters. The second-order valence-corrected chi connectivity index (χ2v) is 6.40. The van der Waals surface area contributed by atoms with Gasteiger partial charge in [-0.05, 0) is 48.7 Å². The second-order valence-electron chi connectivity index (χ2n) is 6.40. The molecule has 3 rings (SSSR count). The van der Waals surface area contributed by atoms with Crippen LogP contribution in [0.3, 0.4) is 0 Å². The summed E-state index contributed by atoms with van der Waals surface area (Å²) in [6.45, 7) is 2.01. The number of hydrogen-bond acceptors (Lipinski definition) is 3. The molecule has 1 aliphatic carbocycles. The summed E-state index contributed by atoms with van der Waals surface area (Å²) in [6.07, 6.45) is 0.874. The zero-order valence-corrected chi connectivity index (χ0v) is 14.1. The lowest BCUT2D eigenvalue weighted by atomic mass is 10.1. The number of benzene rings is 2. The van der Waals surface area contributed by atoms with Crippen LogP contribution < -0.4 is 16.4 Å². The molecule has 2 aromatic carbocycles. The molecule has 0 bridgehead atoms. The zero-order chi connectivity index (χ0) is 18.8. The molecule has 134 valence electrons. The Labute approximate surface area is 149 Å². The quantitative estimate of drug-likeness (QED) is 0.768. The van der Waals surface area contributed by atoms with Crippen LogP contribution in [0.2, 0.25) is 0 Å². The average Bonchev–Trinajstić information content (AvgIpc) is 3.33. The van der Waals surface area contributed by atoms with Crippen molar-refractivity contribution in [3.63, 3.8) is 0 Å². The minimum absolute atomic E-state index is 0.0268. The summed E-state index contributed by atoms with van der Waals surface area (Å²) >= 11 is 0. The van der Waals surface area contributed by atoms with Crippen molar-refractivity contribution in [1.82, 2.24) is 0 Å². The number of nitrogens with one attached hydrogen (secondary N) is 2. The monoisotopic (exact) mass is 355 g/mol. The highest BCUT2D eigenvalue weighted by atomic mass is 19.1. The van der Waals surface area contributed by atoms with Crippen LogP contribution >= 0.6 is 0 Å². The predicted octanol–water partition coefficient (Wildman–Crippen LogP) is 2.77. The summed E-state index contributed by atoms with van der Waals surface area (Å²) < 4.78 is 13.5. The van der Waals surface area contributed by atoms with Crippen molar-refractivity contribution < 1.29 is 18.8 Å². The highest BCUT2D eigenvalue weighted by Crippen LogP contribution is 2.38. The first-order valence-corrected chi connectivity index (χ1v) is 8.17. The van der Waals surface area contributed by atoms with Gasteiger partial charge in [0.1, 0.15) is 5.82 Å². The van der Waals surface area contributed by atoms with Crippen LogP contribution in [0.5, 0.6) is 0 Å². The molecular weight excluding hydrogens is 337 g/mol. The molecule has 6 nitrogen and oxygen atoms in total. The number of hydrogen-bond donors (Lipinski definition) is 3. The minimum atomic E-state index is -0.919. The Balaban J connectivity index is 1.72. The van der Waals surface area contributed by atoms with Crippen LogP contribution in [0.1, 0.15) is 34.1 Å². The lowest BCUT2D eigenvalue weighted by Gasteiger charge is -2.09. The van der Waals surface area contributed by atoms with Crippen molar-refractivity contribution in [3.8, 4) is 0 Å². The Morgan fingerprint density at radius 3 is 2.42 bits per heavy atom. The topological polar surface area (TPSA) is 101 Å². The Kier molecular flexibility index (Phi) is 4.71. The first-order chi connectivity index (χ1) is 12.3. The van der Waals surface area contributed by atoms with Crippen LogP contribution in [-0.2, 0) is 4.79 Å². The normalized spacial score (nSPS) is 18.1. The van der Waals surface area contributed by atoms with Crippen LogP contribution in [0.25, 0.3) is 0 Å². The van der Waals surface area contributed by atoms with E-state index in [-0.39, 0.29) is 23.1 Å². The van der Waals surface area contributed by atoms with Crippen molar-refractivity contribution in [1.29, 1.82) is 0 Å². The Bertz CT molecular complexity index is 897. The van der Waals surface area contributed by atoms with E-state index in [1.165, 1.54) is 12.1 Å². The molecule has 1 fully saturated rings. The highest BCUT2D eigenvalue weighted by molar-refractivity contribution is 6.06. The van der Waals surface area contributed by atoms with Gasteiger partial charge >= 0.3 is 0 Å². The number of amides is 3. The fraction of sp³-hybridized carbons (Fsp3) is 0.211. The molecule has 0 radical (unpaired) electrons. The van der Waals surface area contributed by atoms with E-state index in [0.717, 1.165) is 12.5 Å². The maximum atomic E-state index is 13.5. The third-order valence-corrected chi connectivity index (χ3v) is 4.33. The summed E-state index contributed by atoms with van der Waals surface area (Å²) in [5.74, 6) is -1.77. The van der Waals surface area contributed by atoms with E-state index >= 15 is 0 Å². The summed E-state index contributed by atoms with van der Waals surface area (Å²) in [6, 6.07) is 10.1. The summed E-state index contributed by atoms with van der Waals surface area (Å²) in [7, 11) is 0. The number of nitrogens with two attached hydrogens (primary N) is 1. The molecule has 0 heterocycles. The predicted molar refractivity (Wildman–Crippen MR) is 95.2 cm³/mol. The van der Waals surface area contributed by atoms with Gasteiger partial charge in [0, 0.05) is 22.9 Å². The van der Waals surface area contributed by atoms with Gasteiger partial charge in [0.05, 0.1) is 5.56 Å². The van der Waals surface area contributed by atoms with Crippen LogP contribution in [0.15, 0.2) is 42.5 Å². The highest BCUT2D eigenvalue weighted by Gasteiger charge is 2.39. The third-order valence-electron chi connectivity index (χ3n) is 4.33. The molecule has 7 heteroatoms. The molecule has 2 atom stereocenters. The maximum Gasteiger partial charge on any atom is 0.255 e. The van der Waals surface area contributed by atoms with Gasteiger partial charge < -0.3 is 16.4 Å². The van der Waals surface area contributed by atoms with E-state index in [1.807, 2.05) is 6.92 Å². The van der Waals surface area contributed by atoms with Gasteiger partial charge in [-0.2, -0.15) is 0 Å².